The van der Waals surface area contributed by atoms with Crippen molar-refractivity contribution in [1.82, 2.24) is 4.90 Å². The van der Waals surface area contributed by atoms with Crippen LogP contribution in [0.4, 0.5) is 5.69 Å². The zero-order valence-corrected chi connectivity index (χ0v) is 20.8. The largest absolute Gasteiger partial charge is 0.490 e. The van der Waals surface area contributed by atoms with E-state index in [9.17, 15) is 9.90 Å². The van der Waals surface area contributed by atoms with Crippen LogP contribution in [0.3, 0.4) is 0 Å². The Labute approximate surface area is 216 Å². The predicted octanol–water partition coefficient (Wildman–Crippen LogP) is 2.93. The molecule has 1 amide bonds. The molecule has 0 saturated carbocycles. The van der Waals surface area contributed by atoms with Gasteiger partial charge >= 0.3 is 11.9 Å². The molecule has 0 radical (unpaired) electrons. The number of ether oxygens (including phenoxy) is 1. The molecule has 2 aromatic carbocycles. The number of aliphatic hydroxyl groups is 1. The van der Waals surface area contributed by atoms with Gasteiger partial charge in [-0.3, -0.25) is 4.79 Å². The highest BCUT2D eigenvalue weighted by atomic mass is 16.5. The van der Waals surface area contributed by atoms with E-state index in [2.05, 4.69) is 41.8 Å². The number of carbonyl (C=O) groups is 3. The van der Waals surface area contributed by atoms with Gasteiger partial charge in [0, 0.05) is 25.1 Å². The maximum atomic E-state index is 12.3. The minimum absolute atomic E-state index is 0.114. The summed E-state index contributed by atoms with van der Waals surface area (Å²) in [6, 6.07) is 16.5. The van der Waals surface area contributed by atoms with Gasteiger partial charge in [-0.2, -0.15) is 0 Å². The monoisotopic (exact) mass is 510 g/mol. The minimum Gasteiger partial charge on any atom is -0.490 e. The molecule has 2 aliphatic rings. The molecule has 0 bridgehead atoms. The van der Waals surface area contributed by atoms with Crippen molar-refractivity contribution in [1.29, 1.82) is 0 Å². The number of benzene rings is 2. The smallest absolute Gasteiger partial charge is 0.414 e. The van der Waals surface area contributed by atoms with Gasteiger partial charge < -0.3 is 29.9 Å². The molecule has 0 spiro atoms. The van der Waals surface area contributed by atoms with Crippen LogP contribution < -0.4 is 9.64 Å². The summed E-state index contributed by atoms with van der Waals surface area (Å²) in [6.07, 6.45) is 4.58. The van der Waals surface area contributed by atoms with Crippen molar-refractivity contribution in [2.45, 2.75) is 37.7 Å². The third-order valence-corrected chi connectivity index (χ3v) is 6.54. The molecule has 1 atom stereocenters. The lowest BCUT2D eigenvalue weighted by atomic mass is 9.89. The van der Waals surface area contributed by atoms with Crippen LogP contribution in [0.1, 0.15) is 36.3 Å². The van der Waals surface area contributed by atoms with E-state index in [0.717, 1.165) is 42.9 Å². The van der Waals surface area contributed by atoms with Crippen LogP contribution in [0.15, 0.2) is 61.2 Å². The number of aliphatic hydroxyl groups excluding tert-OH is 1. The fourth-order valence-electron chi connectivity index (χ4n) is 4.73. The maximum Gasteiger partial charge on any atom is 0.414 e. The summed E-state index contributed by atoms with van der Waals surface area (Å²) >= 11 is 0. The second-order valence-electron chi connectivity index (χ2n) is 9.11. The minimum atomic E-state index is -1.82. The Kier molecular flexibility index (Phi) is 10.2. The Balaban J connectivity index is 0.000000568. The molecule has 3 N–H and O–H groups in total. The van der Waals surface area contributed by atoms with Crippen molar-refractivity contribution >= 4 is 23.5 Å². The fourth-order valence-corrected chi connectivity index (χ4v) is 4.73. The zero-order valence-electron chi connectivity index (χ0n) is 20.8. The van der Waals surface area contributed by atoms with Crippen LogP contribution in [-0.4, -0.2) is 77.0 Å². The molecule has 2 heterocycles. The fraction of sp³-hybridized carbons (Fsp3) is 0.393. The first-order valence-corrected chi connectivity index (χ1v) is 12.4. The van der Waals surface area contributed by atoms with Crippen LogP contribution in [0.2, 0.25) is 0 Å². The molecular weight excluding hydrogens is 476 g/mol. The molecule has 2 aromatic rings. The molecule has 1 unspecified atom stereocenters. The van der Waals surface area contributed by atoms with Crippen LogP contribution >= 0.6 is 0 Å². The van der Waals surface area contributed by atoms with E-state index < -0.39 is 18.0 Å². The van der Waals surface area contributed by atoms with Crippen molar-refractivity contribution in [3.8, 4) is 5.75 Å². The van der Waals surface area contributed by atoms with Crippen LogP contribution in [-0.2, 0) is 20.8 Å². The van der Waals surface area contributed by atoms with Gasteiger partial charge in [0.1, 0.15) is 18.5 Å². The number of hydrogen-bond acceptors (Lipinski definition) is 6. The number of rotatable bonds is 8. The lowest BCUT2D eigenvalue weighted by molar-refractivity contribution is -0.159. The zero-order chi connectivity index (χ0) is 26.8. The molecule has 37 heavy (non-hydrogen) atoms. The molecule has 9 nitrogen and oxygen atoms in total. The van der Waals surface area contributed by atoms with Crippen molar-refractivity contribution < 1.29 is 34.4 Å². The number of carboxylic acids is 2. The normalized spacial score (nSPS) is 16.7. The van der Waals surface area contributed by atoms with Gasteiger partial charge in [0.2, 0.25) is 5.91 Å². The second-order valence-corrected chi connectivity index (χ2v) is 9.11. The first-order chi connectivity index (χ1) is 17.8. The Morgan fingerprint density at radius 3 is 2.32 bits per heavy atom. The summed E-state index contributed by atoms with van der Waals surface area (Å²) in [5.41, 5.74) is 3.36. The maximum absolute atomic E-state index is 12.3. The summed E-state index contributed by atoms with van der Waals surface area (Å²) in [4.78, 5) is 34.5. The number of amides is 1. The number of likely N-dealkylation sites (tertiary alicyclic amines) is 1. The van der Waals surface area contributed by atoms with Crippen LogP contribution in [0.25, 0.3) is 0 Å². The summed E-state index contributed by atoms with van der Waals surface area (Å²) in [7, 11) is 0. The quantitative estimate of drug-likeness (QED) is 0.365. The number of carboxylic acid groups (broad SMARTS) is 2. The van der Waals surface area contributed by atoms with E-state index in [1.807, 2.05) is 18.2 Å². The van der Waals surface area contributed by atoms with Gasteiger partial charge in [0.25, 0.3) is 0 Å². The van der Waals surface area contributed by atoms with E-state index >= 15 is 0 Å². The standard InChI is InChI=1S/C26H32N2O3.C2H2O4/c1-2-15-28-24-9-6-10-25(23(24)11-12-26(28)30)31-19-22(29)18-27-16-13-21(14-17-27)20-7-4-3-5-8-20;3-1(4)2(5)6/h2-10,21-22,29H,1,11-19H2;(H,3,4)(H,5,6). The Hall–Kier alpha value is -3.69. The lowest BCUT2D eigenvalue weighted by Crippen LogP contribution is -2.40. The SMILES string of the molecule is C=CCN1C(=O)CCc2c(OCC(O)CN3CCC(c4ccccc4)CC3)cccc21.O=C(O)C(=O)O. The summed E-state index contributed by atoms with van der Waals surface area (Å²) in [5.74, 6) is -2.16. The molecule has 198 valence electrons. The molecular formula is C28H34N2O7. The van der Waals surface area contributed by atoms with Gasteiger partial charge in [-0.1, -0.05) is 42.5 Å². The third-order valence-electron chi connectivity index (χ3n) is 6.54. The van der Waals surface area contributed by atoms with Crippen molar-refractivity contribution in [2.24, 2.45) is 0 Å². The number of piperidine rings is 1. The number of carbonyl (C=O) groups excluding carboxylic acids is 1. The Morgan fingerprint density at radius 2 is 1.70 bits per heavy atom. The molecule has 1 fully saturated rings. The molecule has 2 aliphatic heterocycles. The highest BCUT2D eigenvalue weighted by Crippen LogP contribution is 2.35. The Morgan fingerprint density at radius 1 is 1.03 bits per heavy atom. The first kappa shape index (κ1) is 27.9. The average Bonchev–Trinajstić information content (AvgIpc) is 2.90. The predicted molar refractivity (Wildman–Crippen MR) is 139 cm³/mol. The van der Waals surface area contributed by atoms with Gasteiger partial charge in [-0.25, -0.2) is 9.59 Å². The van der Waals surface area contributed by atoms with Crippen LogP contribution in [0.5, 0.6) is 5.75 Å². The molecule has 4 rings (SSSR count). The van der Waals surface area contributed by atoms with Crippen molar-refractivity contribution in [3.63, 3.8) is 0 Å². The number of anilines is 1. The van der Waals surface area contributed by atoms with E-state index in [1.165, 1.54) is 5.56 Å². The number of β-amino-alcohol motifs (C(OH)–C–C–N with tert-alkyl or cyclic N) is 1. The molecule has 0 aromatic heterocycles. The highest BCUT2D eigenvalue weighted by Gasteiger charge is 2.26. The topological polar surface area (TPSA) is 128 Å². The lowest BCUT2D eigenvalue weighted by Gasteiger charge is -2.33. The highest BCUT2D eigenvalue weighted by molar-refractivity contribution is 6.27. The average molecular weight is 511 g/mol. The van der Waals surface area contributed by atoms with Gasteiger partial charge in [-0.15, -0.1) is 6.58 Å². The first-order valence-electron chi connectivity index (χ1n) is 12.4. The Bertz CT molecular complexity index is 1070. The third kappa shape index (κ3) is 7.90. The number of hydrogen-bond donors (Lipinski definition) is 3. The summed E-state index contributed by atoms with van der Waals surface area (Å²) in [6.45, 7) is 7.12. The van der Waals surface area contributed by atoms with E-state index in [4.69, 9.17) is 24.5 Å². The molecule has 0 aliphatic carbocycles. The molecule has 9 heteroatoms. The second kappa shape index (κ2) is 13.6. The van der Waals surface area contributed by atoms with Crippen LogP contribution in [0, 0.1) is 0 Å². The molecule has 1 saturated heterocycles. The summed E-state index contributed by atoms with van der Waals surface area (Å²) < 4.78 is 6.02. The van der Waals surface area contributed by atoms with Gasteiger partial charge in [0.05, 0.1) is 5.69 Å². The number of aliphatic carboxylic acids is 2. The van der Waals surface area contributed by atoms with E-state index in [0.29, 0.717) is 31.8 Å². The van der Waals surface area contributed by atoms with Crippen molar-refractivity contribution in [3.05, 3.63) is 72.3 Å². The summed E-state index contributed by atoms with van der Waals surface area (Å²) in [5, 5.41) is 25.4. The van der Waals surface area contributed by atoms with E-state index in [-0.39, 0.29) is 12.5 Å². The van der Waals surface area contributed by atoms with Gasteiger partial charge in [-0.05, 0) is 56.0 Å². The number of nitrogens with zero attached hydrogens (tertiary/aromatic N) is 2. The van der Waals surface area contributed by atoms with Gasteiger partial charge in [0.15, 0.2) is 0 Å². The number of fused-ring (bicyclic) bond motifs is 1. The van der Waals surface area contributed by atoms with E-state index in [1.54, 1.807) is 11.0 Å². The van der Waals surface area contributed by atoms with Crippen molar-refractivity contribution in [2.75, 3.05) is 37.7 Å².